The third-order valence-electron chi connectivity index (χ3n) is 5.13. The first-order valence-electron chi connectivity index (χ1n) is 10.4. The zero-order valence-corrected chi connectivity index (χ0v) is 19.1. The van der Waals surface area contributed by atoms with Crippen LogP contribution in [0.4, 0.5) is 15.8 Å². The summed E-state index contributed by atoms with van der Waals surface area (Å²) in [6.45, 7) is 3.97. The first-order chi connectivity index (χ1) is 15.9. The third kappa shape index (κ3) is 5.40. The lowest BCUT2D eigenvalue weighted by molar-refractivity contribution is -0.117. The van der Waals surface area contributed by atoms with Gasteiger partial charge in [0.2, 0.25) is 11.8 Å². The number of benzene rings is 3. The zero-order chi connectivity index (χ0) is 23.4. The summed E-state index contributed by atoms with van der Waals surface area (Å²) >= 11 is 1.24. The van der Waals surface area contributed by atoms with Crippen LogP contribution in [-0.2, 0) is 16.1 Å². The summed E-state index contributed by atoms with van der Waals surface area (Å²) in [4.78, 5) is 29.9. The normalized spacial score (nSPS) is 10.9. The number of thioether (sulfide) groups is 1. The molecular formula is C25H23FN4O2S. The molecule has 0 radical (unpaired) electrons. The number of fused-ring (bicyclic) bond motifs is 1. The molecule has 1 heterocycles. The van der Waals surface area contributed by atoms with Crippen molar-refractivity contribution in [1.29, 1.82) is 0 Å². The summed E-state index contributed by atoms with van der Waals surface area (Å²) in [5.41, 5.74) is 4.87. The highest BCUT2D eigenvalue weighted by molar-refractivity contribution is 7.99. The van der Waals surface area contributed by atoms with Gasteiger partial charge in [0.15, 0.2) is 5.16 Å². The van der Waals surface area contributed by atoms with Gasteiger partial charge in [-0.05, 0) is 61.4 Å². The van der Waals surface area contributed by atoms with Crippen molar-refractivity contribution in [2.45, 2.75) is 25.5 Å². The van der Waals surface area contributed by atoms with Crippen molar-refractivity contribution < 1.29 is 14.0 Å². The monoisotopic (exact) mass is 462 g/mol. The Morgan fingerprint density at radius 2 is 1.61 bits per heavy atom. The van der Waals surface area contributed by atoms with E-state index in [1.165, 1.54) is 36.0 Å². The first kappa shape index (κ1) is 22.5. The first-order valence-corrected chi connectivity index (χ1v) is 11.4. The molecular weight excluding hydrogens is 439 g/mol. The Morgan fingerprint density at radius 1 is 0.909 bits per heavy atom. The Hall–Kier alpha value is -3.65. The average Bonchev–Trinajstić information content (AvgIpc) is 3.14. The van der Waals surface area contributed by atoms with E-state index in [-0.39, 0.29) is 29.9 Å². The summed E-state index contributed by atoms with van der Waals surface area (Å²) in [6.07, 6.45) is 0. The number of amides is 2. The van der Waals surface area contributed by atoms with Gasteiger partial charge in [0, 0.05) is 11.4 Å². The average molecular weight is 463 g/mol. The Balaban J connectivity index is 1.50. The molecule has 0 atom stereocenters. The molecule has 4 aromatic rings. The largest absolute Gasteiger partial charge is 0.325 e. The van der Waals surface area contributed by atoms with E-state index in [0.29, 0.717) is 10.8 Å². The maximum atomic E-state index is 13.1. The molecule has 8 heteroatoms. The highest BCUT2D eigenvalue weighted by Crippen LogP contribution is 2.25. The van der Waals surface area contributed by atoms with Crippen LogP contribution in [0.15, 0.2) is 71.9 Å². The molecule has 0 aliphatic heterocycles. The van der Waals surface area contributed by atoms with Crippen molar-refractivity contribution >= 4 is 46.0 Å². The fourth-order valence-corrected chi connectivity index (χ4v) is 4.32. The fraction of sp³-hybridized carbons (Fsp3) is 0.160. The Morgan fingerprint density at radius 3 is 2.33 bits per heavy atom. The lowest BCUT2D eigenvalue weighted by Crippen LogP contribution is -2.21. The lowest BCUT2D eigenvalue weighted by atomic mass is 10.1. The van der Waals surface area contributed by atoms with Crippen LogP contribution in [0.25, 0.3) is 11.0 Å². The van der Waals surface area contributed by atoms with Crippen LogP contribution in [0.3, 0.4) is 0 Å². The number of imidazole rings is 1. The molecule has 0 saturated heterocycles. The maximum absolute atomic E-state index is 13.1. The highest BCUT2D eigenvalue weighted by Gasteiger charge is 2.16. The van der Waals surface area contributed by atoms with Gasteiger partial charge in [0.05, 0.1) is 16.8 Å². The Labute approximate surface area is 195 Å². The molecule has 0 fully saturated rings. The topological polar surface area (TPSA) is 76.0 Å². The van der Waals surface area contributed by atoms with Gasteiger partial charge in [-0.1, -0.05) is 42.1 Å². The third-order valence-corrected chi connectivity index (χ3v) is 6.10. The standard InChI is InChI=1S/C25H23FN4O2S/c1-16-6-5-7-17(2)24(16)29-22(31)14-30-21-9-4-3-8-20(21)28-25(30)33-15-23(32)27-19-12-10-18(26)11-13-19/h3-13H,14-15H2,1-2H3,(H,27,32)(H,29,31). The molecule has 0 unspecified atom stereocenters. The summed E-state index contributed by atoms with van der Waals surface area (Å²) < 4.78 is 14.9. The van der Waals surface area contributed by atoms with Gasteiger partial charge >= 0.3 is 0 Å². The van der Waals surface area contributed by atoms with Crippen LogP contribution in [0.2, 0.25) is 0 Å². The van der Waals surface area contributed by atoms with Crippen LogP contribution in [-0.4, -0.2) is 27.1 Å². The second kappa shape index (κ2) is 9.87. The van der Waals surface area contributed by atoms with Crippen LogP contribution in [0.5, 0.6) is 0 Å². The van der Waals surface area contributed by atoms with E-state index in [0.717, 1.165) is 27.8 Å². The van der Waals surface area contributed by atoms with Gasteiger partial charge in [-0.25, -0.2) is 9.37 Å². The molecule has 6 nitrogen and oxygen atoms in total. The maximum Gasteiger partial charge on any atom is 0.244 e. The number of para-hydroxylation sites is 3. The van der Waals surface area contributed by atoms with E-state index < -0.39 is 0 Å². The quantitative estimate of drug-likeness (QED) is 0.372. The summed E-state index contributed by atoms with van der Waals surface area (Å²) in [7, 11) is 0. The summed E-state index contributed by atoms with van der Waals surface area (Å²) in [5, 5.41) is 6.31. The minimum atomic E-state index is -0.366. The molecule has 2 N–H and O–H groups in total. The van der Waals surface area contributed by atoms with Crippen molar-refractivity contribution in [3.63, 3.8) is 0 Å². The number of rotatable bonds is 7. The lowest BCUT2D eigenvalue weighted by Gasteiger charge is -2.13. The van der Waals surface area contributed by atoms with Gasteiger partial charge in [0.25, 0.3) is 0 Å². The molecule has 2 amide bonds. The van der Waals surface area contributed by atoms with E-state index in [9.17, 15) is 14.0 Å². The number of hydrogen-bond donors (Lipinski definition) is 2. The van der Waals surface area contributed by atoms with Crippen LogP contribution in [0, 0.1) is 19.7 Å². The molecule has 0 bridgehead atoms. The van der Waals surface area contributed by atoms with Crippen molar-refractivity contribution in [3.05, 3.63) is 83.7 Å². The molecule has 0 saturated carbocycles. The minimum Gasteiger partial charge on any atom is -0.325 e. The Kier molecular flexibility index (Phi) is 6.74. The predicted molar refractivity (Wildman–Crippen MR) is 130 cm³/mol. The van der Waals surface area contributed by atoms with E-state index in [2.05, 4.69) is 15.6 Å². The zero-order valence-electron chi connectivity index (χ0n) is 18.3. The number of halogens is 1. The van der Waals surface area contributed by atoms with E-state index >= 15 is 0 Å². The van der Waals surface area contributed by atoms with Gasteiger partial charge in [0.1, 0.15) is 12.4 Å². The highest BCUT2D eigenvalue weighted by atomic mass is 32.2. The van der Waals surface area contributed by atoms with Crippen LogP contribution in [0.1, 0.15) is 11.1 Å². The van der Waals surface area contributed by atoms with Gasteiger partial charge in [-0.2, -0.15) is 0 Å². The van der Waals surface area contributed by atoms with Crippen LogP contribution < -0.4 is 10.6 Å². The van der Waals surface area contributed by atoms with Gasteiger partial charge in [-0.15, -0.1) is 0 Å². The molecule has 33 heavy (non-hydrogen) atoms. The smallest absolute Gasteiger partial charge is 0.244 e. The molecule has 0 aliphatic rings. The number of aryl methyl sites for hydroxylation is 2. The molecule has 168 valence electrons. The van der Waals surface area contributed by atoms with Crippen molar-refractivity contribution in [1.82, 2.24) is 9.55 Å². The number of hydrogen-bond acceptors (Lipinski definition) is 4. The van der Waals surface area contributed by atoms with Gasteiger partial charge in [-0.3, -0.25) is 9.59 Å². The van der Waals surface area contributed by atoms with E-state index in [4.69, 9.17) is 0 Å². The number of nitrogens with zero attached hydrogens (tertiary/aromatic N) is 2. The Bertz CT molecular complexity index is 1300. The number of aromatic nitrogens is 2. The van der Waals surface area contributed by atoms with Crippen molar-refractivity contribution in [3.8, 4) is 0 Å². The number of carbonyl (C=O) groups is 2. The fourth-order valence-electron chi connectivity index (χ4n) is 3.51. The van der Waals surface area contributed by atoms with Crippen LogP contribution >= 0.6 is 11.8 Å². The molecule has 0 aliphatic carbocycles. The molecule has 0 spiro atoms. The van der Waals surface area contributed by atoms with Crippen molar-refractivity contribution in [2.24, 2.45) is 0 Å². The molecule has 1 aromatic heterocycles. The summed E-state index contributed by atoms with van der Waals surface area (Å²) in [6, 6.07) is 19.0. The minimum absolute atomic E-state index is 0.0657. The van der Waals surface area contributed by atoms with E-state index in [1.807, 2.05) is 60.9 Å². The van der Waals surface area contributed by atoms with E-state index in [1.54, 1.807) is 0 Å². The number of anilines is 2. The second-order valence-corrected chi connectivity index (χ2v) is 8.57. The summed E-state index contributed by atoms with van der Waals surface area (Å²) in [5.74, 6) is -0.687. The number of nitrogens with one attached hydrogen (secondary N) is 2. The van der Waals surface area contributed by atoms with Crippen molar-refractivity contribution in [2.75, 3.05) is 16.4 Å². The molecule has 4 rings (SSSR count). The molecule has 3 aromatic carbocycles. The SMILES string of the molecule is Cc1cccc(C)c1NC(=O)Cn1c(SCC(=O)Nc2ccc(F)cc2)nc2ccccc21. The number of carbonyl (C=O) groups excluding carboxylic acids is 2. The predicted octanol–water partition coefficient (Wildman–Crippen LogP) is 5.16. The van der Waals surface area contributed by atoms with Gasteiger partial charge < -0.3 is 15.2 Å². The second-order valence-electron chi connectivity index (χ2n) is 7.63.